The van der Waals surface area contributed by atoms with E-state index >= 15 is 0 Å². The van der Waals surface area contributed by atoms with Gasteiger partial charge < -0.3 is 15.7 Å². The third kappa shape index (κ3) is 6.03. The summed E-state index contributed by atoms with van der Waals surface area (Å²) in [5.41, 5.74) is 0.0909. The standard InChI is InChI=1S/C13H26N2O2.ClH/c1-9(10-6-14-7-10)12(17)15-8-11(16)5-13(2,3)4;/h9-11,14,16H,5-8H2,1-4H3,(H,15,17);1H. The van der Waals surface area contributed by atoms with Gasteiger partial charge in [-0.05, 0) is 30.8 Å². The van der Waals surface area contributed by atoms with E-state index in [4.69, 9.17) is 0 Å². The summed E-state index contributed by atoms with van der Waals surface area (Å²) < 4.78 is 0. The molecule has 0 aromatic heterocycles. The average Bonchev–Trinajstić information content (AvgIpc) is 2.08. The van der Waals surface area contributed by atoms with Crippen LogP contribution >= 0.6 is 12.4 Å². The third-order valence-electron chi connectivity index (χ3n) is 3.29. The predicted molar refractivity (Wildman–Crippen MR) is 75.9 cm³/mol. The second-order valence-electron chi connectivity index (χ2n) is 6.37. The van der Waals surface area contributed by atoms with Gasteiger partial charge in [0.1, 0.15) is 0 Å². The van der Waals surface area contributed by atoms with Crippen molar-refractivity contribution in [2.75, 3.05) is 19.6 Å². The molecule has 1 heterocycles. The van der Waals surface area contributed by atoms with E-state index in [9.17, 15) is 9.90 Å². The number of amides is 1. The number of carbonyl (C=O) groups excluding carboxylic acids is 1. The Morgan fingerprint density at radius 2 is 2.00 bits per heavy atom. The molecule has 1 aliphatic rings. The average molecular weight is 279 g/mol. The molecule has 1 aliphatic heterocycles. The van der Waals surface area contributed by atoms with Gasteiger partial charge in [-0.25, -0.2) is 0 Å². The highest BCUT2D eigenvalue weighted by atomic mass is 35.5. The molecular formula is C13H27ClN2O2. The predicted octanol–water partition coefficient (Wildman–Crippen LogP) is 1.18. The molecule has 0 aromatic carbocycles. The molecular weight excluding hydrogens is 252 g/mol. The third-order valence-corrected chi connectivity index (χ3v) is 3.29. The summed E-state index contributed by atoms with van der Waals surface area (Å²) in [5, 5.41) is 15.8. The zero-order valence-electron chi connectivity index (χ0n) is 11.8. The van der Waals surface area contributed by atoms with E-state index < -0.39 is 6.10 Å². The zero-order chi connectivity index (χ0) is 13.1. The van der Waals surface area contributed by atoms with E-state index in [1.54, 1.807) is 0 Å². The Morgan fingerprint density at radius 1 is 1.44 bits per heavy atom. The Morgan fingerprint density at radius 3 is 2.39 bits per heavy atom. The van der Waals surface area contributed by atoms with Crippen LogP contribution in [-0.4, -0.2) is 36.8 Å². The second-order valence-corrected chi connectivity index (χ2v) is 6.37. The van der Waals surface area contributed by atoms with E-state index in [0.717, 1.165) is 13.1 Å². The Hall–Kier alpha value is -0.320. The van der Waals surface area contributed by atoms with Gasteiger partial charge in [-0.15, -0.1) is 12.4 Å². The smallest absolute Gasteiger partial charge is 0.223 e. The molecule has 1 rings (SSSR count). The quantitative estimate of drug-likeness (QED) is 0.708. The number of aliphatic hydroxyl groups is 1. The topological polar surface area (TPSA) is 61.4 Å². The van der Waals surface area contributed by atoms with Gasteiger partial charge in [0.05, 0.1) is 6.10 Å². The SMILES string of the molecule is CC(C(=O)NCC(O)CC(C)(C)C)C1CNC1.Cl. The molecule has 0 aliphatic carbocycles. The summed E-state index contributed by atoms with van der Waals surface area (Å²) in [6.45, 7) is 10.4. The molecule has 18 heavy (non-hydrogen) atoms. The number of nitrogens with one attached hydrogen (secondary N) is 2. The molecule has 108 valence electrons. The van der Waals surface area contributed by atoms with Gasteiger partial charge in [0, 0.05) is 12.5 Å². The number of halogens is 1. The van der Waals surface area contributed by atoms with Crippen LogP contribution in [0.4, 0.5) is 0 Å². The molecule has 2 unspecified atom stereocenters. The highest BCUT2D eigenvalue weighted by Gasteiger charge is 2.28. The minimum Gasteiger partial charge on any atom is -0.391 e. The van der Waals surface area contributed by atoms with Crippen molar-refractivity contribution in [3.63, 3.8) is 0 Å². The maximum absolute atomic E-state index is 11.8. The van der Waals surface area contributed by atoms with Crippen LogP contribution in [0.5, 0.6) is 0 Å². The highest BCUT2D eigenvalue weighted by Crippen LogP contribution is 2.20. The van der Waals surface area contributed by atoms with E-state index in [-0.39, 0.29) is 29.6 Å². The minimum atomic E-state index is -0.453. The Balaban J connectivity index is 0.00000289. The number of rotatable bonds is 5. The zero-order valence-corrected chi connectivity index (χ0v) is 12.6. The van der Waals surface area contributed by atoms with Crippen LogP contribution in [-0.2, 0) is 4.79 Å². The molecule has 0 bridgehead atoms. The van der Waals surface area contributed by atoms with Crippen molar-refractivity contribution in [1.29, 1.82) is 0 Å². The van der Waals surface area contributed by atoms with E-state index in [0.29, 0.717) is 18.9 Å². The Labute approximate surface area is 116 Å². The fourth-order valence-electron chi connectivity index (χ4n) is 2.04. The monoisotopic (exact) mass is 278 g/mol. The second kappa shape index (κ2) is 7.31. The normalized spacial score (nSPS) is 19.4. The van der Waals surface area contributed by atoms with Gasteiger partial charge in [0.15, 0.2) is 0 Å². The molecule has 1 fully saturated rings. The lowest BCUT2D eigenvalue weighted by Gasteiger charge is -2.32. The van der Waals surface area contributed by atoms with Crippen molar-refractivity contribution >= 4 is 18.3 Å². The summed E-state index contributed by atoms with van der Waals surface area (Å²) >= 11 is 0. The fraction of sp³-hybridized carbons (Fsp3) is 0.923. The van der Waals surface area contributed by atoms with Crippen LogP contribution in [0.2, 0.25) is 0 Å². The lowest BCUT2D eigenvalue weighted by atomic mass is 9.87. The van der Waals surface area contributed by atoms with E-state index in [1.807, 2.05) is 6.92 Å². The number of hydrogen-bond acceptors (Lipinski definition) is 3. The molecule has 0 radical (unpaired) electrons. The first-order chi connectivity index (χ1) is 7.79. The van der Waals surface area contributed by atoms with Gasteiger partial charge >= 0.3 is 0 Å². The first kappa shape index (κ1) is 17.7. The van der Waals surface area contributed by atoms with Crippen molar-refractivity contribution in [3.05, 3.63) is 0 Å². The fourth-order valence-corrected chi connectivity index (χ4v) is 2.04. The molecule has 0 spiro atoms. The number of carbonyl (C=O) groups is 1. The van der Waals surface area contributed by atoms with Crippen molar-refractivity contribution in [2.24, 2.45) is 17.3 Å². The summed E-state index contributed by atoms with van der Waals surface area (Å²) in [6, 6.07) is 0. The first-order valence-corrected chi connectivity index (χ1v) is 6.46. The minimum absolute atomic E-state index is 0. The van der Waals surface area contributed by atoms with Crippen LogP contribution in [0.1, 0.15) is 34.1 Å². The highest BCUT2D eigenvalue weighted by molar-refractivity contribution is 5.85. The van der Waals surface area contributed by atoms with E-state index in [2.05, 4.69) is 31.4 Å². The van der Waals surface area contributed by atoms with Crippen molar-refractivity contribution in [3.8, 4) is 0 Å². The molecule has 0 saturated carbocycles. The lowest BCUT2D eigenvalue weighted by Crippen LogP contribution is -2.50. The molecule has 1 saturated heterocycles. The lowest BCUT2D eigenvalue weighted by molar-refractivity contribution is -0.127. The molecule has 0 aromatic rings. The molecule has 2 atom stereocenters. The molecule has 5 heteroatoms. The first-order valence-electron chi connectivity index (χ1n) is 6.46. The van der Waals surface area contributed by atoms with Crippen LogP contribution in [0.3, 0.4) is 0 Å². The van der Waals surface area contributed by atoms with Gasteiger partial charge in [-0.2, -0.15) is 0 Å². The van der Waals surface area contributed by atoms with Crippen molar-refractivity contribution < 1.29 is 9.90 Å². The Kier molecular flexibility index (Phi) is 7.18. The van der Waals surface area contributed by atoms with Gasteiger partial charge in [0.2, 0.25) is 5.91 Å². The summed E-state index contributed by atoms with van der Waals surface area (Å²) in [6.07, 6.45) is 0.248. The largest absolute Gasteiger partial charge is 0.391 e. The maximum Gasteiger partial charge on any atom is 0.223 e. The van der Waals surface area contributed by atoms with Gasteiger partial charge in [-0.1, -0.05) is 27.7 Å². The van der Waals surface area contributed by atoms with Crippen LogP contribution in [0, 0.1) is 17.3 Å². The summed E-state index contributed by atoms with van der Waals surface area (Å²) in [4.78, 5) is 11.8. The molecule has 3 N–H and O–H groups in total. The number of aliphatic hydroxyl groups excluding tert-OH is 1. The van der Waals surface area contributed by atoms with Gasteiger partial charge in [-0.3, -0.25) is 4.79 Å². The van der Waals surface area contributed by atoms with Crippen molar-refractivity contribution in [2.45, 2.75) is 40.2 Å². The van der Waals surface area contributed by atoms with Crippen LogP contribution in [0.15, 0.2) is 0 Å². The van der Waals surface area contributed by atoms with E-state index in [1.165, 1.54) is 0 Å². The van der Waals surface area contributed by atoms with Crippen LogP contribution < -0.4 is 10.6 Å². The molecule has 1 amide bonds. The summed E-state index contributed by atoms with van der Waals surface area (Å²) in [5.74, 6) is 0.553. The maximum atomic E-state index is 11.8. The Bertz CT molecular complexity index is 262. The molecule has 4 nitrogen and oxygen atoms in total. The van der Waals surface area contributed by atoms with Gasteiger partial charge in [0.25, 0.3) is 0 Å². The van der Waals surface area contributed by atoms with Crippen LogP contribution in [0.25, 0.3) is 0 Å². The summed E-state index contributed by atoms with van der Waals surface area (Å²) in [7, 11) is 0. The van der Waals surface area contributed by atoms with Crippen molar-refractivity contribution in [1.82, 2.24) is 10.6 Å². The number of hydrogen-bond donors (Lipinski definition) is 3.